The molecule has 2 unspecified atom stereocenters. The van der Waals surface area contributed by atoms with E-state index in [1.807, 2.05) is 21.1 Å². The minimum absolute atomic E-state index is 0.0856. The van der Waals surface area contributed by atoms with Gasteiger partial charge in [-0.2, -0.15) is 0 Å². The normalized spacial score (nSPS) is 14.4. The fourth-order valence-electron chi connectivity index (χ4n) is 4.82. The first-order valence-electron chi connectivity index (χ1n) is 18.0. The van der Waals surface area contributed by atoms with Crippen LogP contribution < -0.4 is 0 Å². The SMILES string of the molecule is CCCCCCC/C=C\C/C=C\CCCCCCCCCCCCCCOCC(COP(=O)(O)OCC[N+](C)(C)C)OC(C)=O. The van der Waals surface area contributed by atoms with Crippen molar-refractivity contribution in [3.8, 4) is 0 Å². The molecule has 0 heterocycles. The molecule has 0 aliphatic heterocycles. The standard InChI is InChI=1S/C36H70NO7P/c1-6-7-8-9-10-11-12-13-14-15-16-17-18-19-20-21-22-23-24-25-26-27-28-29-31-41-33-36(44-35(2)38)34-43-45(39,40)42-32-30-37(3,4)5/h12-13,15-16,36H,6-11,14,17-34H2,1-5H3/p+1/b13-12-,16-15-. The zero-order chi connectivity index (χ0) is 33.5. The number of phosphoric ester groups is 1. The van der Waals surface area contributed by atoms with Crippen LogP contribution in [0.5, 0.6) is 0 Å². The van der Waals surface area contributed by atoms with Gasteiger partial charge in [-0.3, -0.25) is 13.8 Å². The van der Waals surface area contributed by atoms with Crippen LogP contribution >= 0.6 is 7.82 Å². The van der Waals surface area contributed by atoms with E-state index in [9.17, 15) is 14.3 Å². The molecule has 8 nitrogen and oxygen atoms in total. The zero-order valence-corrected chi connectivity index (χ0v) is 30.7. The van der Waals surface area contributed by atoms with Crippen molar-refractivity contribution in [2.45, 2.75) is 148 Å². The molecule has 0 saturated heterocycles. The van der Waals surface area contributed by atoms with Gasteiger partial charge in [0.2, 0.25) is 0 Å². The highest BCUT2D eigenvalue weighted by molar-refractivity contribution is 7.47. The highest BCUT2D eigenvalue weighted by Gasteiger charge is 2.25. The molecule has 0 saturated carbocycles. The third-order valence-corrected chi connectivity index (χ3v) is 8.55. The Hall–Kier alpha value is -1.02. The summed E-state index contributed by atoms with van der Waals surface area (Å²) >= 11 is 0. The van der Waals surface area contributed by atoms with Gasteiger partial charge in [-0.15, -0.1) is 0 Å². The summed E-state index contributed by atoms with van der Waals surface area (Å²) in [5, 5.41) is 0. The van der Waals surface area contributed by atoms with Gasteiger partial charge in [-0.25, -0.2) is 4.57 Å². The smallest absolute Gasteiger partial charge is 0.458 e. The number of rotatable bonds is 33. The molecule has 2 atom stereocenters. The molecule has 0 aromatic heterocycles. The summed E-state index contributed by atoms with van der Waals surface area (Å²) in [5.41, 5.74) is 0. The molecule has 1 N–H and O–H groups in total. The van der Waals surface area contributed by atoms with Crippen LogP contribution in [-0.2, 0) is 27.9 Å². The second-order valence-electron chi connectivity index (χ2n) is 13.3. The van der Waals surface area contributed by atoms with Crippen molar-refractivity contribution in [3.63, 3.8) is 0 Å². The summed E-state index contributed by atoms with van der Waals surface area (Å²) in [7, 11) is 1.66. The largest absolute Gasteiger partial charge is 0.472 e. The zero-order valence-electron chi connectivity index (χ0n) is 29.9. The predicted molar refractivity (Wildman–Crippen MR) is 187 cm³/mol. The maximum atomic E-state index is 12.1. The summed E-state index contributed by atoms with van der Waals surface area (Å²) in [6.45, 7) is 4.62. The molecular weight excluding hydrogens is 589 g/mol. The van der Waals surface area contributed by atoms with E-state index in [4.69, 9.17) is 18.5 Å². The Morgan fingerprint density at radius 1 is 0.689 bits per heavy atom. The van der Waals surface area contributed by atoms with E-state index >= 15 is 0 Å². The molecule has 0 aromatic rings. The van der Waals surface area contributed by atoms with Crippen molar-refractivity contribution < 1.29 is 37.3 Å². The number of quaternary nitrogens is 1. The van der Waals surface area contributed by atoms with Crippen LogP contribution in [0.25, 0.3) is 0 Å². The molecule has 45 heavy (non-hydrogen) atoms. The fraction of sp³-hybridized carbons (Fsp3) is 0.861. The molecule has 266 valence electrons. The Morgan fingerprint density at radius 3 is 1.67 bits per heavy atom. The van der Waals surface area contributed by atoms with Crippen LogP contribution in [0, 0.1) is 0 Å². The number of hydrogen-bond donors (Lipinski definition) is 1. The molecule has 0 radical (unpaired) electrons. The Labute approximate surface area is 277 Å². The van der Waals surface area contributed by atoms with Crippen molar-refractivity contribution in [2.75, 3.05) is 54.1 Å². The first-order valence-corrected chi connectivity index (χ1v) is 19.5. The summed E-state index contributed by atoms with van der Waals surface area (Å²) < 4.78 is 33.6. The highest BCUT2D eigenvalue weighted by atomic mass is 31.2. The molecule has 0 rings (SSSR count). The fourth-order valence-corrected chi connectivity index (χ4v) is 5.56. The number of esters is 1. The van der Waals surface area contributed by atoms with Gasteiger partial charge in [0.25, 0.3) is 0 Å². The third-order valence-electron chi connectivity index (χ3n) is 7.57. The maximum absolute atomic E-state index is 12.1. The summed E-state index contributed by atoms with van der Waals surface area (Å²) in [4.78, 5) is 21.3. The average Bonchev–Trinajstić information content (AvgIpc) is 2.96. The van der Waals surface area contributed by atoms with Gasteiger partial charge in [0.05, 0.1) is 34.4 Å². The Bertz CT molecular complexity index is 782. The van der Waals surface area contributed by atoms with Crippen LogP contribution in [0.15, 0.2) is 24.3 Å². The summed E-state index contributed by atoms with van der Waals surface area (Å²) in [5.74, 6) is -0.490. The Balaban J connectivity index is 3.60. The average molecular weight is 661 g/mol. The van der Waals surface area contributed by atoms with Crippen molar-refractivity contribution in [1.82, 2.24) is 0 Å². The minimum Gasteiger partial charge on any atom is -0.458 e. The predicted octanol–water partition coefficient (Wildman–Crippen LogP) is 9.71. The molecule has 0 aliphatic rings. The Kier molecular flexibility index (Phi) is 29.6. The van der Waals surface area contributed by atoms with E-state index < -0.39 is 19.9 Å². The van der Waals surface area contributed by atoms with Gasteiger partial charge < -0.3 is 18.9 Å². The van der Waals surface area contributed by atoms with Crippen molar-refractivity contribution in [3.05, 3.63) is 24.3 Å². The van der Waals surface area contributed by atoms with Crippen molar-refractivity contribution in [1.29, 1.82) is 0 Å². The molecule has 0 aliphatic carbocycles. The van der Waals surface area contributed by atoms with E-state index in [1.165, 1.54) is 116 Å². The van der Waals surface area contributed by atoms with E-state index in [0.29, 0.717) is 17.6 Å². The topological polar surface area (TPSA) is 91.3 Å². The quantitative estimate of drug-likeness (QED) is 0.0246. The molecule has 0 fully saturated rings. The van der Waals surface area contributed by atoms with Crippen LogP contribution in [0.4, 0.5) is 0 Å². The van der Waals surface area contributed by atoms with E-state index in [2.05, 4.69) is 31.2 Å². The van der Waals surface area contributed by atoms with Gasteiger partial charge in [-0.1, -0.05) is 121 Å². The first-order chi connectivity index (χ1) is 21.6. The van der Waals surface area contributed by atoms with Gasteiger partial charge in [0.15, 0.2) is 0 Å². The molecule has 0 amide bonds. The number of hydrogen-bond acceptors (Lipinski definition) is 6. The van der Waals surface area contributed by atoms with E-state index in [1.54, 1.807) is 0 Å². The number of phosphoric acid groups is 1. The molecular formula is C36H71NO7P+. The molecule has 0 bridgehead atoms. The van der Waals surface area contributed by atoms with Gasteiger partial charge in [0.1, 0.15) is 19.3 Å². The number of carbonyl (C=O) groups is 1. The maximum Gasteiger partial charge on any atom is 0.472 e. The monoisotopic (exact) mass is 660 g/mol. The van der Waals surface area contributed by atoms with Crippen molar-refractivity contribution >= 4 is 13.8 Å². The van der Waals surface area contributed by atoms with Crippen LogP contribution in [-0.4, -0.2) is 75.6 Å². The minimum atomic E-state index is -4.22. The molecule has 0 aromatic carbocycles. The van der Waals surface area contributed by atoms with Gasteiger partial charge in [-0.05, 0) is 38.5 Å². The lowest BCUT2D eigenvalue weighted by Gasteiger charge is -2.24. The Morgan fingerprint density at radius 2 is 1.18 bits per heavy atom. The second-order valence-corrected chi connectivity index (χ2v) is 14.8. The van der Waals surface area contributed by atoms with Crippen LogP contribution in [0.2, 0.25) is 0 Å². The van der Waals surface area contributed by atoms with E-state index in [0.717, 1.165) is 19.3 Å². The second kappa shape index (κ2) is 30.3. The summed E-state index contributed by atoms with van der Waals surface area (Å²) in [6, 6.07) is 0. The number of nitrogens with zero attached hydrogens (tertiary/aromatic N) is 1. The third kappa shape index (κ3) is 35.7. The van der Waals surface area contributed by atoms with Gasteiger partial charge in [0, 0.05) is 13.5 Å². The highest BCUT2D eigenvalue weighted by Crippen LogP contribution is 2.43. The number of likely N-dealkylation sites (N-methyl/N-ethyl adjacent to an activating group) is 1. The molecule has 0 spiro atoms. The lowest BCUT2D eigenvalue weighted by Crippen LogP contribution is -2.37. The van der Waals surface area contributed by atoms with Crippen LogP contribution in [0.3, 0.4) is 0 Å². The van der Waals surface area contributed by atoms with Crippen LogP contribution in [0.1, 0.15) is 142 Å². The van der Waals surface area contributed by atoms with Gasteiger partial charge >= 0.3 is 13.8 Å². The summed E-state index contributed by atoms with van der Waals surface area (Å²) in [6.07, 6.45) is 34.1. The number of ether oxygens (including phenoxy) is 2. The number of allylic oxidation sites excluding steroid dienone is 4. The number of unbranched alkanes of at least 4 members (excludes halogenated alkanes) is 17. The lowest BCUT2D eigenvalue weighted by molar-refractivity contribution is -0.870. The van der Waals surface area contributed by atoms with Crippen molar-refractivity contribution in [2.24, 2.45) is 0 Å². The first kappa shape index (κ1) is 44.0. The lowest BCUT2D eigenvalue weighted by atomic mass is 10.0. The molecule has 9 heteroatoms. The number of carbonyl (C=O) groups excluding carboxylic acids is 1. The van der Waals surface area contributed by atoms with E-state index in [-0.39, 0.29) is 19.8 Å².